The van der Waals surface area contributed by atoms with E-state index in [9.17, 15) is 14.9 Å². The Labute approximate surface area is 134 Å². The highest BCUT2D eigenvalue weighted by molar-refractivity contribution is 6.03. The van der Waals surface area contributed by atoms with Crippen LogP contribution in [0.2, 0.25) is 0 Å². The lowest BCUT2D eigenvalue weighted by atomic mass is 9.85. The average molecular weight is 313 g/mol. The number of rotatable bonds is 4. The molecule has 1 aromatic rings. The fraction of sp³-hybridized carbons (Fsp3) is 0.294. The number of nitrogens with one attached hydrogen (secondary N) is 1. The number of hydrazone groups is 1. The molecular weight excluding hydrogens is 294 g/mol. The quantitative estimate of drug-likeness (QED) is 0.523. The summed E-state index contributed by atoms with van der Waals surface area (Å²) in [6.45, 7) is 7.88. The summed E-state index contributed by atoms with van der Waals surface area (Å²) >= 11 is 0. The Morgan fingerprint density at radius 3 is 2.78 bits per heavy atom. The molecule has 0 bridgehead atoms. The van der Waals surface area contributed by atoms with Gasteiger partial charge in [0.05, 0.1) is 10.6 Å². The van der Waals surface area contributed by atoms with E-state index in [0.29, 0.717) is 12.3 Å². The summed E-state index contributed by atoms with van der Waals surface area (Å²) in [5.74, 6) is -0.282. The van der Waals surface area contributed by atoms with Crippen LogP contribution < -0.4 is 5.43 Å². The Morgan fingerprint density at radius 2 is 2.13 bits per heavy atom. The highest BCUT2D eigenvalue weighted by Crippen LogP contribution is 2.26. The molecule has 6 heteroatoms. The van der Waals surface area contributed by atoms with Gasteiger partial charge in [0.2, 0.25) is 0 Å². The SMILES string of the molecule is C=C(C)[C@@H]1CC=C(C)/C(=N\NC(=O)c2ccccc2[N+](=O)[O-])C1. The molecule has 0 aromatic heterocycles. The molecule has 0 aliphatic heterocycles. The molecule has 0 heterocycles. The number of hydrogen-bond acceptors (Lipinski definition) is 4. The van der Waals surface area contributed by atoms with Gasteiger partial charge in [0.1, 0.15) is 5.56 Å². The lowest BCUT2D eigenvalue weighted by Gasteiger charge is -2.22. The predicted molar refractivity (Wildman–Crippen MR) is 89.3 cm³/mol. The topological polar surface area (TPSA) is 84.6 Å². The van der Waals surface area contributed by atoms with Crippen molar-refractivity contribution in [1.82, 2.24) is 5.43 Å². The van der Waals surface area contributed by atoms with E-state index in [-0.39, 0.29) is 11.3 Å². The summed E-state index contributed by atoms with van der Waals surface area (Å²) in [7, 11) is 0. The molecule has 23 heavy (non-hydrogen) atoms. The number of carbonyl (C=O) groups excluding carboxylic acids is 1. The molecule has 2 rings (SSSR count). The number of amides is 1. The van der Waals surface area contributed by atoms with E-state index in [0.717, 1.165) is 23.3 Å². The van der Waals surface area contributed by atoms with Gasteiger partial charge in [-0.2, -0.15) is 5.10 Å². The van der Waals surface area contributed by atoms with Crippen molar-refractivity contribution in [3.05, 3.63) is 63.7 Å². The van der Waals surface area contributed by atoms with Crippen molar-refractivity contribution in [3.63, 3.8) is 0 Å². The maximum absolute atomic E-state index is 12.2. The molecule has 1 aliphatic rings. The van der Waals surface area contributed by atoms with Crippen molar-refractivity contribution in [3.8, 4) is 0 Å². The van der Waals surface area contributed by atoms with Gasteiger partial charge in [-0.05, 0) is 44.2 Å². The molecule has 1 amide bonds. The van der Waals surface area contributed by atoms with Crippen molar-refractivity contribution in [1.29, 1.82) is 0 Å². The summed E-state index contributed by atoms with van der Waals surface area (Å²) in [5, 5.41) is 15.1. The Hall–Kier alpha value is -2.76. The van der Waals surface area contributed by atoms with Crippen LogP contribution in [0, 0.1) is 16.0 Å². The summed E-state index contributed by atoms with van der Waals surface area (Å²) in [6.07, 6.45) is 3.69. The van der Waals surface area contributed by atoms with Crippen molar-refractivity contribution >= 4 is 17.3 Å². The highest BCUT2D eigenvalue weighted by atomic mass is 16.6. The van der Waals surface area contributed by atoms with E-state index < -0.39 is 10.8 Å². The molecule has 1 N–H and O–H groups in total. The first kappa shape index (κ1) is 16.6. The summed E-state index contributed by atoms with van der Waals surface area (Å²) in [5.41, 5.74) is 5.04. The van der Waals surface area contributed by atoms with E-state index in [2.05, 4.69) is 23.2 Å². The molecular formula is C17H19N3O3. The Bertz CT molecular complexity index is 720. The number of nitro benzene ring substituents is 1. The third kappa shape index (κ3) is 3.91. The van der Waals surface area contributed by atoms with Gasteiger partial charge in [-0.1, -0.05) is 30.4 Å². The summed E-state index contributed by atoms with van der Waals surface area (Å²) in [6, 6.07) is 5.81. The number of carbonyl (C=O) groups is 1. The molecule has 0 spiro atoms. The molecule has 1 aliphatic carbocycles. The first-order chi connectivity index (χ1) is 10.9. The average Bonchev–Trinajstić information content (AvgIpc) is 2.53. The zero-order valence-corrected chi connectivity index (χ0v) is 13.2. The molecule has 120 valence electrons. The Kier molecular flexibility index (Phi) is 5.05. The van der Waals surface area contributed by atoms with Crippen LogP contribution in [-0.4, -0.2) is 16.5 Å². The zero-order valence-electron chi connectivity index (χ0n) is 13.2. The molecule has 0 saturated heterocycles. The molecule has 1 atom stereocenters. The number of hydrogen-bond donors (Lipinski definition) is 1. The Balaban J connectivity index is 2.18. The van der Waals surface area contributed by atoms with Crippen LogP contribution in [-0.2, 0) is 0 Å². The summed E-state index contributed by atoms with van der Waals surface area (Å²) < 4.78 is 0. The van der Waals surface area contributed by atoms with Crippen molar-refractivity contribution in [2.24, 2.45) is 11.0 Å². The van der Waals surface area contributed by atoms with Crippen molar-refractivity contribution < 1.29 is 9.72 Å². The van der Waals surface area contributed by atoms with Gasteiger partial charge in [-0.15, -0.1) is 0 Å². The van der Waals surface area contributed by atoms with Crippen molar-refractivity contribution in [2.45, 2.75) is 26.7 Å². The number of allylic oxidation sites excluding steroid dienone is 3. The van der Waals surface area contributed by atoms with Gasteiger partial charge in [-0.25, -0.2) is 5.43 Å². The van der Waals surface area contributed by atoms with E-state index in [4.69, 9.17) is 0 Å². The number of benzene rings is 1. The van der Waals surface area contributed by atoms with E-state index in [1.165, 1.54) is 18.2 Å². The summed E-state index contributed by atoms with van der Waals surface area (Å²) in [4.78, 5) is 22.6. The second-order valence-corrected chi connectivity index (χ2v) is 5.64. The first-order valence-electron chi connectivity index (χ1n) is 7.33. The van der Waals surface area contributed by atoms with Gasteiger partial charge in [0.15, 0.2) is 0 Å². The van der Waals surface area contributed by atoms with E-state index in [1.54, 1.807) is 6.07 Å². The minimum Gasteiger partial charge on any atom is -0.267 e. The third-order valence-electron chi connectivity index (χ3n) is 3.94. The molecule has 6 nitrogen and oxygen atoms in total. The smallest absolute Gasteiger partial charge is 0.267 e. The van der Waals surface area contributed by atoms with Gasteiger partial charge in [-0.3, -0.25) is 14.9 Å². The minimum atomic E-state index is -0.588. The lowest BCUT2D eigenvalue weighted by molar-refractivity contribution is -0.385. The van der Waals surface area contributed by atoms with Crippen LogP contribution >= 0.6 is 0 Å². The minimum absolute atomic E-state index is 0.00394. The molecule has 0 fully saturated rings. The number of para-hydroxylation sites is 1. The zero-order chi connectivity index (χ0) is 17.0. The lowest BCUT2D eigenvalue weighted by Crippen LogP contribution is -2.23. The second-order valence-electron chi connectivity index (χ2n) is 5.64. The van der Waals surface area contributed by atoms with Crippen LogP contribution in [0.25, 0.3) is 0 Å². The number of nitro groups is 1. The van der Waals surface area contributed by atoms with Crippen LogP contribution in [0.1, 0.15) is 37.0 Å². The monoisotopic (exact) mass is 313 g/mol. The molecule has 1 aromatic carbocycles. The normalized spacial score (nSPS) is 19.1. The standard InChI is InChI=1S/C17H19N3O3/c1-11(2)13-9-8-12(3)15(10-13)18-19-17(21)14-6-4-5-7-16(14)20(22)23/h4-8,13H,1,9-10H2,2-3H3,(H,19,21)/b18-15-/t13-/m1/s1. The maximum Gasteiger partial charge on any atom is 0.282 e. The first-order valence-corrected chi connectivity index (χ1v) is 7.33. The van der Waals surface area contributed by atoms with Crippen LogP contribution in [0.5, 0.6) is 0 Å². The van der Waals surface area contributed by atoms with Crippen molar-refractivity contribution in [2.75, 3.05) is 0 Å². The van der Waals surface area contributed by atoms with Crippen LogP contribution in [0.15, 0.2) is 53.2 Å². The maximum atomic E-state index is 12.2. The van der Waals surface area contributed by atoms with Crippen LogP contribution in [0.4, 0.5) is 5.69 Å². The van der Waals surface area contributed by atoms with Gasteiger partial charge < -0.3 is 0 Å². The fourth-order valence-corrected chi connectivity index (χ4v) is 2.43. The third-order valence-corrected chi connectivity index (χ3v) is 3.94. The van der Waals surface area contributed by atoms with Gasteiger partial charge in [0, 0.05) is 6.07 Å². The largest absolute Gasteiger partial charge is 0.282 e. The number of nitrogens with zero attached hydrogens (tertiary/aromatic N) is 2. The Morgan fingerprint density at radius 1 is 1.43 bits per heavy atom. The molecule has 0 unspecified atom stereocenters. The predicted octanol–water partition coefficient (Wildman–Crippen LogP) is 3.61. The highest BCUT2D eigenvalue weighted by Gasteiger charge is 2.21. The van der Waals surface area contributed by atoms with E-state index >= 15 is 0 Å². The van der Waals surface area contributed by atoms with Gasteiger partial charge in [0.25, 0.3) is 11.6 Å². The fourth-order valence-electron chi connectivity index (χ4n) is 2.43. The molecule has 0 saturated carbocycles. The van der Waals surface area contributed by atoms with E-state index in [1.807, 2.05) is 13.8 Å². The van der Waals surface area contributed by atoms with Gasteiger partial charge >= 0.3 is 0 Å². The molecule has 0 radical (unpaired) electrons. The van der Waals surface area contributed by atoms with Crippen LogP contribution in [0.3, 0.4) is 0 Å². The second kappa shape index (κ2) is 7.00.